The van der Waals surface area contributed by atoms with Gasteiger partial charge in [-0.25, -0.2) is 0 Å². The van der Waals surface area contributed by atoms with Crippen LogP contribution >= 0.6 is 0 Å². The first kappa shape index (κ1) is 19.7. The number of nitrogens with one attached hydrogen (secondary N) is 1. The van der Waals surface area contributed by atoms with Gasteiger partial charge in [0.05, 0.1) is 12.7 Å². The van der Waals surface area contributed by atoms with Crippen molar-refractivity contribution in [3.63, 3.8) is 0 Å². The van der Waals surface area contributed by atoms with Crippen LogP contribution in [0.4, 0.5) is 0 Å². The summed E-state index contributed by atoms with van der Waals surface area (Å²) in [6.45, 7) is 7.77. The van der Waals surface area contributed by atoms with Gasteiger partial charge in [0.1, 0.15) is 11.8 Å². The van der Waals surface area contributed by atoms with Crippen molar-refractivity contribution in [1.82, 2.24) is 15.1 Å². The molecule has 2 atom stereocenters. The molecule has 2 fully saturated rings. The number of ether oxygens (including phenoxy) is 1. The van der Waals surface area contributed by atoms with Gasteiger partial charge in [-0.05, 0) is 50.4 Å². The van der Waals surface area contributed by atoms with Crippen molar-refractivity contribution in [3.05, 3.63) is 29.8 Å². The molecular formula is C21H31N3O3. The van der Waals surface area contributed by atoms with Crippen molar-refractivity contribution in [2.24, 2.45) is 5.92 Å². The summed E-state index contributed by atoms with van der Waals surface area (Å²) in [6.07, 6.45) is 3.54. The number of likely N-dealkylation sites (tertiary alicyclic amines) is 2. The highest BCUT2D eigenvalue weighted by atomic mass is 16.5. The van der Waals surface area contributed by atoms with E-state index in [9.17, 15) is 9.59 Å². The third-order valence-electron chi connectivity index (χ3n) is 5.70. The van der Waals surface area contributed by atoms with E-state index in [1.54, 1.807) is 25.3 Å². The van der Waals surface area contributed by atoms with Crippen LogP contribution in [-0.2, 0) is 4.79 Å². The van der Waals surface area contributed by atoms with Gasteiger partial charge in [-0.2, -0.15) is 0 Å². The van der Waals surface area contributed by atoms with Crippen LogP contribution in [0.2, 0.25) is 0 Å². The van der Waals surface area contributed by atoms with E-state index in [0.717, 1.165) is 32.6 Å². The van der Waals surface area contributed by atoms with Gasteiger partial charge in [0, 0.05) is 19.1 Å². The molecular weight excluding hydrogens is 342 g/mol. The van der Waals surface area contributed by atoms with Crippen LogP contribution in [0, 0.1) is 5.92 Å². The minimum atomic E-state index is -0.528. The van der Waals surface area contributed by atoms with Crippen molar-refractivity contribution in [2.45, 2.75) is 45.2 Å². The molecule has 0 spiro atoms. The maximum absolute atomic E-state index is 13.1. The van der Waals surface area contributed by atoms with Crippen LogP contribution in [0.3, 0.4) is 0 Å². The second-order valence-corrected chi connectivity index (χ2v) is 7.87. The van der Waals surface area contributed by atoms with E-state index in [-0.39, 0.29) is 17.7 Å². The highest BCUT2D eigenvalue weighted by molar-refractivity contribution is 5.99. The Kier molecular flexibility index (Phi) is 6.37. The molecule has 0 aliphatic carbocycles. The summed E-state index contributed by atoms with van der Waals surface area (Å²) in [6, 6.07) is 7.03. The molecule has 1 aromatic carbocycles. The molecule has 3 rings (SSSR count). The van der Waals surface area contributed by atoms with Gasteiger partial charge in [-0.1, -0.05) is 26.0 Å². The van der Waals surface area contributed by atoms with E-state index in [0.29, 0.717) is 17.4 Å². The molecule has 27 heavy (non-hydrogen) atoms. The lowest BCUT2D eigenvalue weighted by atomic mass is 10.0. The molecule has 0 saturated carbocycles. The summed E-state index contributed by atoms with van der Waals surface area (Å²) in [5, 5.41) is 2.94. The Balaban J connectivity index is 1.66. The molecule has 2 aliphatic rings. The van der Waals surface area contributed by atoms with Crippen LogP contribution in [0.5, 0.6) is 5.75 Å². The Morgan fingerprint density at radius 2 is 1.85 bits per heavy atom. The second kappa shape index (κ2) is 8.74. The zero-order valence-corrected chi connectivity index (χ0v) is 16.6. The maximum Gasteiger partial charge on any atom is 0.255 e. The lowest BCUT2D eigenvalue weighted by Crippen LogP contribution is -2.51. The summed E-state index contributed by atoms with van der Waals surface area (Å²) in [5.74, 6) is 0.284. The maximum atomic E-state index is 13.1. The Labute approximate surface area is 161 Å². The lowest BCUT2D eigenvalue weighted by Gasteiger charge is -2.28. The number of benzene rings is 1. The molecule has 2 heterocycles. The van der Waals surface area contributed by atoms with Gasteiger partial charge >= 0.3 is 0 Å². The summed E-state index contributed by atoms with van der Waals surface area (Å²) >= 11 is 0. The molecule has 2 saturated heterocycles. The molecule has 0 aromatic heterocycles. The van der Waals surface area contributed by atoms with Gasteiger partial charge < -0.3 is 15.0 Å². The third kappa shape index (κ3) is 4.43. The Morgan fingerprint density at radius 1 is 1.15 bits per heavy atom. The number of amides is 2. The number of hydrogen-bond acceptors (Lipinski definition) is 4. The quantitative estimate of drug-likeness (QED) is 0.830. The first-order valence-corrected chi connectivity index (χ1v) is 9.98. The zero-order chi connectivity index (χ0) is 19.4. The van der Waals surface area contributed by atoms with Crippen LogP contribution < -0.4 is 10.1 Å². The number of para-hydroxylation sites is 1. The fourth-order valence-corrected chi connectivity index (χ4v) is 4.11. The topological polar surface area (TPSA) is 61.9 Å². The molecule has 1 aromatic rings. The van der Waals surface area contributed by atoms with E-state index in [2.05, 4.69) is 10.2 Å². The van der Waals surface area contributed by atoms with E-state index >= 15 is 0 Å². The average Bonchev–Trinajstić information content (AvgIpc) is 3.36. The van der Waals surface area contributed by atoms with Crippen LogP contribution in [0.25, 0.3) is 0 Å². The second-order valence-electron chi connectivity index (χ2n) is 7.87. The van der Waals surface area contributed by atoms with E-state index < -0.39 is 6.04 Å². The van der Waals surface area contributed by atoms with Crippen LogP contribution in [-0.4, -0.2) is 67.0 Å². The van der Waals surface area contributed by atoms with Crippen molar-refractivity contribution in [2.75, 3.05) is 33.3 Å². The summed E-state index contributed by atoms with van der Waals surface area (Å²) in [7, 11) is 1.54. The molecule has 148 valence electrons. The molecule has 2 amide bonds. The lowest BCUT2D eigenvalue weighted by molar-refractivity contribution is -0.133. The Bertz CT molecular complexity index is 670. The highest BCUT2D eigenvalue weighted by Gasteiger charge is 2.36. The van der Waals surface area contributed by atoms with E-state index in [4.69, 9.17) is 4.74 Å². The Morgan fingerprint density at radius 3 is 2.52 bits per heavy atom. The highest BCUT2D eigenvalue weighted by Crippen LogP contribution is 2.22. The minimum Gasteiger partial charge on any atom is -0.496 e. The largest absolute Gasteiger partial charge is 0.496 e. The van der Waals surface area contributed by atoms with E-state index in [1.807, 2.05) is 24.8 Å². The summed E-state index contributed by atoms with van der Waals surface area (Å²) < 4.78 is 5.28. The van der Waals surface area contributed by atoms with Gasteiger partial charge in [-0.3, -0.25) is 14.5 Å². The van der Waals surface area contributed by atoms with Crippen molar-refractivity contribution in [3.8, 4) is 5.75 Å². The number of nitrogens with zero attached hydrogens (tertiary/aromatic N) is 2. The van der Waals surface area contributed by atoms with Gasteiger partial charge in [-0.15, -0.1) is 0 Å². The zero-order valence-electron chi connectivity index (χ0n) is 16.6. The summed E-state index contributed by atoms with van der Waals surface area (Å²) in [5.41, 5.74) is 0.454. The van der Waals surface area contributed by atoms with Crippen LogP contribution in [0.15, 0.2) is 24.3 Å². The molecule has 6 heteroatoms. The predicted molar refractivity (Wildman–Crippen MR) is 105 cm³/mol. The van der Waals surface area contributed by atoms with Gasteiger partial charge in [0.15, 0.2) is 0 Å². The van der Waals surface area contributed by atoms with Crippen molar-refractivity contribution < 1.29 is 14.3 Å². The standard InChI is InChI=1S/C21H31N3O3/c1-15(2)19(22-20(25)17-8-4-5-9-18(17)27-3)21(26)24-13-10-16(14-24)23-11-6-7-12-23/h4-5,8-9,15-16,19H,6-7,10-14H2,1-3H3,(H,22,25). The molecule has 1 N–H and O–H groups in total. The van der Waals surface area contributed by atoms with Crippen molar-refractivity contribution in [1.29, 1.82) is 0 Å². The minimum absolute atomic E-state index is 0.0157. The van der Waals surface area contributed by atoms with Crippen LogP contribution in [0.1, 0.15) is 43.5 Å². The first-order valence-electron chi connectivity index (χ1n) is 9.98. The Hall–Kier alpha value is -2.08. The number of carbonyl (C=O) groups is 2. The van der Waals surface area contributed by atoms with E-state index in [1.165, 1.54) is 12.8 Å². The van der Waals surface area contributed by atoms with Crippen molar-refractivity contribution >= 4 is 11.8 Å². The first-order chi connectivity index (χ1) is 13.0. The predicted octanol–water partition coefficient (Wildman–Crippen LogP) is 2.15. The molecule has 6 nitrogen and oxygen atoms in total. The smallest absolute Gasteiger partial charge is 0.255 e. The fourth-order valence-electron chi connectivity index (χ4n) is 4.11. The molecule has 2 aliphatic heterocycles. The third-order valence-corrected chi connectivity index (χ3v) is 5.70. The fraction of sp³-hybridized carbons (Fsp3) is 0.619. The van der Waals surface area contributed by atoms with Gasteiger partial charge in [0.25, 0.3) is 5.91 Å². The molecule has 0 bridgehead atoms. The number of methoxy groups -OCH3 is 1. The molecule has 2 unspecified atom stereocenters. The SMILES string of the molecule is COc1ccccc1C(=O)NC(C(=O)N1CCC(N2CCCC2)C1)C(C)C. The monoisotopic (exact) mass is 373 g/mol. The van der Waals surface area contributed by atoms with Gasteiger partial charge in [0.2, 0.25) is 5.91 Å². The average molecular weight is 373 g/mol. The number of carbonyl (C=O) groups excluding carboxylic acids is 2. The normalized spacial score (nSPS) is 21.5. The number of rotatable bonds is 6. The summed E-state index contributed by atoms with van der Waals surface area (Å²) in [4.78, 5) is 30.3. The number of hydrogen-bond donors (Lipinski definition) is 1. The molecule has 0 radical (unpaired) electrons.